The summed E-state index contributed by atoms with van der Waals surface area (Å²) in [6.45, 7) is 6.70. The Bertz CT molecular complexity index is 633. The molecule has 0 aromatic carbocycles. The number of thiophene rings is 1. The lowest BCUT2D eigenvalue weighted by Crippen LogP contribution is -2.47. The average molecular weight is 429 g/mol. The first kappa shape index (κ1) is 23.1. The van der Waals surface area contributed by atoms with E-state index >= 15 is 0 Å². The Morgan fingerprint density at radius 3 is 2.75 bits per heavy atom. The van der Waals surface area contributed by atoms with Crippen molar-refractivity contribution in [1.29, 1.82) is 0 Å². The molecule has 2 fully saturated rings. The number of rotatable bonds is 8. The average Bonchev–Trinajstić information content (AvgIpc) is 3.36. The summed E-state index contributed by atoms with van der Waals surface area (Å²) in [6.07, 6.45) is 5.26. The van der Waals surface area contributed by atoms with Crippen molar-refractivity contribution in [3.8, 4) is 0 Å². The molecule has 2 unspecified atom stereocenters. The highest BCUT2D eigenvalue weighted by atomic mass is 35.5. The second kappa shape index (κ2) is 11.8. The first-order valence-corrected chi connectivity index (χ1v) is 11.0. The van der Waals surface area contributed by atoms with Gasteiger partial charge in [-0.25, -0.2) is 0 Å². The summed E-state index contributed by atoms with van der Waals surface area (Å²) in [5, 5.41) is 9.37. The van der Waals surface area contributed by atoms with E-state index in [2.05, 4.69) is 39.9 Å². The Hall–Kier alpha value is -1.15. The van der Waals surface area contributed by atoms with Crippen molar-refractivity contribution >= 4 is 35.6 Å². The van der Waals surface area contributed by atoms with Gasteiger partial charge in [0.1, 0.15) is 0 Å². The van der Waals surface area contributed by atoms with Crippen LogP contribution in [0.4, 0.5) is 0 Å². The molecule has 0 radical (unpaired) electrons. The van der Waals surface area contributed by atoms with E-state index in [1.807, 2.05) is 0 Å². The Morgan fingerprint density at radius 2 is 2.04 bits per heavy atom. The van der Waals surface area contributed by atoms with Gasteiger partial charge in [0.2, 0.25) is 11.8 Å². The van der Waals surface area contributed by atoms with Crippen LogP contribution in [-0.2, 0) is 22.6 Å². The van der Waals surface area contributed by atoms with Gasteiger partial charge in [-0.05, 0) is 63.2 Å². The Balaban J connectivity index is 0.00000280. The van der Waals surface area contributed by atoms with Crippen LogP contribution in [0, 0.1) is 5.92 Å². The van der Waals surface area contributed by atoms with Gasteiger partial charge in [0.15, 0.2) is 0 Å². The van der Waals surface area contributed by atoms with Crippen LogP contribution in [0.2, 0.25) is 0 Å². The van der Waals surface area contributed by atoms with Crippen molar-refractivity contribution in [2.45, 2.75) is 51.6 Å². The summed E-state index contributed by atoms with van der Waals surface area (Å²) in [4.78, 5) is 29.2. The van der Waals surface area contributed by atoms with Crippen LogP contribution in [0.1, 0.15) is 42.4 Å². The van der Waals surface area contributed by atoms with E-state index in [-0.39, 0.29) is 30.3 Å². The molecule has 2 amide bonds. The van der Waals surface area contributed by atoms with Crippen LogP contribution in [0.3, 0.4) is 0 Å². The predicted octanol–water partition coefficient (Wildman–Crippen LogP) is 1.93. The van der Waals surface area contributed by atoms with Gasteiger partial charge in [0.25, 0.3) is 0 Å². The second-order valence-corrected chi connectivity index (χ2v) is 8.89. The van der Waals surface area contributed by atoms with E-state index in [0.29, 0.717) is 25.6 Å². The summed E-state index contributed by atoms with van der Waals surface area (Å²) in [5.41, 5.74) is 0. The molecule has 2 aliphatic rings. The quantitative estimate of drug-likeness (QED) is 0.591. The number of amides is 2. The highest BCUT2D eigenvalue weighted by molar-refractivity contribution is 7.11. The van der Waals surface area contributed by atoms with Crippen molar-refractivity contribution in [2.24, 2.45) is 5.92 Å². The normalized spacial score (nSPS) is 22.5. The van der Waals surface area contributed by atoms with Crippen molar-refractivity contribution in [1.82, 2.24) is 20.9 Å². The van der Waals surface area contributed by atoms with Crippen molar-refractivity contribution < 1.29 is 9.59 Å². The molecular formula is C20H33ClN4O2S. The van der Waals surface area contributed by atoms with Gasteiger partial charge >= 0.3 is 0 Å². The van der Waals surface area contributed by atoms with E-state index in [9.17, 15) is 9.59 Å². The smallest absolute Gasteiger partial charge is 0.237 e. The molecule has 0 spiro atoms. The molecule has 2 aliphatic heterocycles. The lowest BCUT2D eigenvalue weighted by Gasteiger charge is -2.32. The third-order valence-electron chi connectivity index (χ3n) is 5.44. The van der Waals surface area contributed by atoms with Crippen LogP contribution in [0.15, 0.2) is 12.1 Å². The van der Waals surface area contributed by atoms with Crippen molar-refractivity contribution in [3.63, 3.8) is 0 Å². The van der Waals surface area contributed by atoms with Gasteiger partial charge in [-0.2, -0.15) is 0 Å². The van der Waals surface area contributed by atoms with Gasteiger partial charge in [0.05, 0.1) is 19.1 Å². The van der Waals surface area contributed by atoms with Crippen LogP contribution in [-0.4, -0.2) is 55.5 Å². The van der Waals surface area contributed by atoms with Crippen molar-refractivity contribution in [2.75, 3.05) is 32.7 Å². The number of hydrogen-bond acceptors (Lipinski definition) is 5. The standard InChI is InChI=1S/C20H32N4O2S.ClH/c1-2-16-7-8-17(27-16)12-22-19(25)14-24-10-4-5-15(13-24)11-23-20(26)18-6-3-9-21-18;/h7-8,15,18,21H,2-6,9-14H2,1H3,(H,22,25)(H,23,26);1H. The van der Waals surface area contributed by atoms with Gasteiger partial charge in [0, 0.05) is 22.8 Å². The highest BCUT2D eigenvalue weighted by Crippen LogP contribution is 2.17. The van der Waals surface area contributed by atoms with E-state index < -0.39 is 0 Å². The Labute approximate surface area is 178 Å². The molecule has 2 atom stereocenters. The third kappa shape index (κ3) is 7.03. The fraction of sp³-hybridized carbons (Fsp3) is 0.700. The van der Waals surface area contributed by atoms with Crippen molar-refractivity contribution in [3.05, 3.63) is 21.9 Å². The molecule has 2 saturated heterocycles. The third-order valence-corrected chi connectivity index (χ3v) is 6.67. The maximum absolute atomic E-state index is 12.3. The first-order chi connectivity index (χ1) is 13.1. The lowest BCUT2D eigenvalue weighted by atomic mass is 9.98. The van der Waals surface area contributed by atoms with E-state index in [4.69, 9.17) is 0 Å². The molecule has 3 N–H and O–H groups in total. The molecule has 28 heavy (non-hydrogen) atoms. The Morgan fingerprint density at radius 1 is 1.21 bits per heavy atom. The number of nitrogens with one attached hydrogen (secondary N) is 3. The van der Waals surface area contributed by atoms with Crippen LogP contribution in [0.25, 0.3) is 0 Å². The highest BCUT2D eigenvalue weighted by Gasteiger charge is 2.25. The van der Waals surface area contributed by atoms with E-state index in [1.54, 1.807) is 11.3 Å². The molecule has 158 valence electrons. The number of likely N-dealkylation sites (tertiary alicyclic amines) is 1. The minimum atomic E-state index is -0.0130. The maximum atomic E-state index is 12.3. The lowest BCUT2D eigenvalue weighted by molar-refractivity contribution is -0.124. The number of hydrogen-bond donors (Lipinski definition) is 3. The zero-order valence-corrected chi connectivity index (χ0v) is 18.3. The molecule has 0 saturated carbocycles. The zero-order valence-electron chi connectivity index (χ0n) is 16.7. The summed E-state index contributed by atoms with van der Waals surface area (Å²) < 4.78 is 0. The molecule has 3 rings (SSSR count). The number of carbonyl (C=O) groups excluding carboxylic acids is 2. The van der Waals surface area contributed by atoms with E-state index in [0.717, 1.165) is 51.7 Å². The molecular weight excluding hydrogens is 396 g/mol. The fourth-order valence-electron chi connectivity index (χ4n) is 3.89. The zero-order chi connectivity index (χ0) is 19.1. The Kier molecular flexibility index (Phi) is 9.71. The number of carbonyl (C=O) groups is 2. The minimum absolute atomic E-state index is 0. The summed E-state index contributed by atoms with van der Waals surface area (Å²) >= 11 is 1.77. The van der Waals surface area contributed by atoms with Crippen LogP contribution < -0.4 is 16.0 Å². The number of piperidine rings is 1. The number of halogens is 1. The largest absolute Gasteiger partial charge is 0.354 e. The molecule has 1 aromatic rings. The molecule has 8 heteroatoms. The minimum Gasteiger partial charge on any atom is -0.354 e. The topological polar surface area (TPSA) is 73.5 Å². The molecule has 1 aromatic heterocycles. The molecule has 3 heterocycles. The van der Waals surface area contributed by atoms with Gasteiger partial charge in [-0.15, -0.1) is 23.7 Å². The van der Waals surface area contributed by atoms with Crippen LogP contribution in [0.5, 0.6) is 0 Å². The fourth-order valence-corrected chi connectivity index (χ4v) is 4.79. The van der Waals surface area contributed by atoms with Gasteiger partial charge < -0.3 is 16.0 Å². The SMILES string of the molecule is CCc1ccc(CNC(=O)CN2CCCC(CNC(=O)C3CCCN3)C2)s1.Cl. The predicted molar refractivity (Wildman–Crippen MR) is 116 cm³/mol. The summed E-state index contributed by atoms with van der Waals surface area (Å²) in [5.74, 6) is 0.646. The monoisotopic (exact) mass is 428 g/mol. The number of aryl methyl sites for hydroxylation is 1. The maximum Gasteiger partial charge on any atom is 0.237 e. The molecule has 0 bridgehead atoms. The molecule has 0 aliphatic carbocycles. The first-order valence-electron chi connectivity index (χ1n) is 10.2. The second-order valence-electron chi connectivity index (χ2n) is 7.64. The summed E-state index contributed by atoms with van der Waals surface area (Å²) in [6, 6.07) is 4.22. The van der Waals surface area contributed by atoms with Crippen LogP contribution >= 0.6 is 23.7 Å². The van der Waals surface area contributed by atoms with Gasteiger partial charge in [-0.3, -0.25) is 14.5 Å². The number of nitrogens with zero attached hydrogens (tertiary/aromatic N) is 1. The summed E-state index contributed by atoms with van der Waals surface area (Å²) in [7, 11) is 0. The molecule has 6 nitrogen and oxygen atoms in total. The van der Waals surface area contributed by atoms with E-state index in [1.165, 1.54) is 9.75 Å². The van der Waals surface area contributed by atoms with Gasteiger partial charge in [-0.1, -0.05) is 6.92 Å².